The van der Waals surface area contributed by atoms with Gasteiger partial charge in [-0.1, -0.05) is 35.5 Å². The Morgan fingerprint density at radius 3 is 2.78 bits per heavy atom. The molecule has 3 rings (SSSR count). The summed E-state index contributed by atoms with van der Waals surface area (Å²) in [5.74, 6) is -0.874. The number of oxime groups is 1. The highest BCUT2D eigenvalue weighted by molar-refractivity contribution is 6.04. The Morgan fingerprint density at radius 2 is 2.04 bits per heavy atom. The van der Waals surface area contributed by atoms with Gasteiger partial charge in [0.2, 0.25) is 6.10 Å². The molecule has 0 saturated carbocycles. The molecule has 2 unspecified atom stereocenters. The van der Waals surface area contributed by atoms with Gasteiger partial charge in [-0.3, -0.25) is 4.79 Å². The summed E-state index contributed by atoms with van der Waals surface area (Å²) in [4.78, 5) is 17.6. The normalized spacial score (nSPS) is 17.2. The number of hydrogen-bond donors (Lipinski definition) is 1. The second-order valence-electron chi connectivity index (χ2n) is 5.99. The van der Waals surface area contributed by atoms with Crippen LogP contribution in [0, 0.1) is 5.82 Å². The average Bonchev–Trinajstić information content (AvgIpc) is 3.12. The van der Waals surface area contributed by atoms with E-state index >= 15 is 0 Å². The van der Waals surface area contributed by atoms with Gasteiger partial charge in [-0.25, -0.2) is 4.39 Å². The highest BCUT2D eigenvalue weighted by Gasteiger charge is 2.30. The maximum absolute atomic E-state index is 13.3. The van der Waals surface area contributed by atoms with Crippen molar-refractivity contribution in [2.45, 2.75) is 32.1 Å². The number of alkyl halides is 2. The third-order valence-electron chi connectivity index (χ3n) is 4.08. The summed E-state index contributed by atoms with van der Waals surface area (Å²) in [7, 11) is 0. The van der Waals surface area contributed by atoms with E-state index in [1.807, 2.05) is 0 Å². The lowest BCUT2D eigenvalue weighted by Gasteiger charge is -2.19. The van der Waals surface area contributed by atoms with E-state index < -0.39 is 30.5 Å². The molecule has 1 N–H and O–H groups in total. The van der Waals surface area contributed by atoms with Crippen molar-refractivity contribution >= 4 is 11.6 Å². The van der Waals surface area contributed by atoms with Crippen molar-refractivity contribution in [3.05, 3.63) is 65.5 Å². The lowest BCUT2D eigenvalue weighted by Crippen LogP contribution is -2.36. The number of ether oxygens (including phenoxy) is 1. The average molecular weight is 378 g/mol. The summed E-state index contributed by atoms with van der Waals surface area (Å²) in [5.41, 5.74) is 1.41. The van der Waals surface area contributed by atoms with Gasteiger partial charge in [-0.15, -0.1) is 0 Å². The Bertz CT molecular complexity index is 858. The molecule has 5 nitrogen and oxygen atoms in total. The topological polar surface area (TPSA) is 59.9 Å². The van der Waals surface area contributed by atoms with E-state index in [1.54, 1.807) is 37.3 Å². The minimum atomic E-state index is -2.96. The predicted molar refractivity (Wildman–Crippen MR) is 92.1 cm³/mol. The Balaban J connectivity index is 1.63. The van der Waals surface area contributed by atoms with Gasteiger partial charge in [0.05, 0.1) is 11.8 Å². The van der Waals surface area contributed by atoms with Crippen molar-refractivity contribution in [1.29, 1.82) is 0 Å². The maximum atomic E-state index is 13.3. The zero-order valence-corrected chi connectivity index (χ0v) is 14.4. The van der Waals surface area contributed by atoms with Crippen molar-refractivity contribution in [2.24, 2.45) is 5.16 Å². The van der Waals surface area contributed by atoms with Gasteiger partial charge in [0.25, 0.3) is 5.91 Å². The SMILES string of the molecule is CC(NC(=O)C1CC(c2cccc(F)c2)=NO1)c1ccccc1OC(F)F. The van der Waals surface area contributed by atoms with Crippen molar-refractivity contribution in [1.82, 2.24) is 5.32 Å². The standard InChI is InChI=1S/C19H17F3N2O3/c1-11(14-7-2-3-8-16(14)26-19(21)22)23-18(25)17-10-15(24-27-17)12-5-4-6-13(20)9-12/h2-9,11,17,19H,10H2,1H3,(H,23,25). The maximum Gasteiger partial charge on any atom is 0.387 e. The fourth-order valence-electron chi connectivity index (χ4n) is 2.78. The minimum Gasteiger partial charge on any atom is -0.434 e. The van der Waals surface area contributed by atoms with Crippen molar-refractivity contribution in [3.63, 3.8) is 0 Å². The monoisotopic (exact) mass is 378 g/mol. The highest BCUT2D eigenvalue weighted by Crippen LogP contribution is 2.27. The smallest absolute Gasteiger partial charge is 0.387 e. The first-order valence-corrected chi connectivity index (χ1v) is 8.27. The number of nitrogens with one attached hydrogen (secondary N) is 1. The van der Waals surface area contributed by atoms with E-state index in [1.165, 1.54) is 18.2 Å². The molecule has 27 heavy (non-hydrogen) atoms. The van der Waals surface area contributed by atoms with Gasteiger partial charge in [-0.2, -0.15) is 8.78 Å². The molecule has 0 bridgehead atoms. The van der Waals surface area contributed by atoms with Crippen LogP contribution in [-0.2, 0) is 9.63 Å². The third kappa shape index (κ3) is 4.58. The summed E-state index contributed by atoms with van der Waals surface area (Å²) in [6, 6.07) is 11.5. The molecule has 142 valence electrons. The summed E-state index contributed by atoms with van der Waals surface area (Å²) in [6.07, 6.45) is -0.703. The van der Waals surface area contributed by atoms with E-state index in [0.29, 0.717) is 16.8 Å². The second-order valence-corrected chi connectivity index (χ2v) is 5.99. The van der Waals surface area contributed by atoms with Crippen LogP contribution in [-0.4, -0.2) is 24.3 Å². The van der Waals surface area contributed by atoms with Crippen LogP contribution in [0.15, 0.2) is 53.7 Å². The van der Waals surface area contributed by atoms with Crippen LogP contribution in [0.4, 0.5) is 13.2 Å². The van der Waals surface area contributed by atoms with E-state index in [9.17, 15) is 18.0 Å². The number of benzene rings is 2. The first-order valence-electron chi connectivity index (χ1n) is 8.27. The Morgan fingerprint density at radius 1 is 1.26 bits per heavy atom. The molecule has 2 aromatic carbocycles. The molecule has 1 aliphatic rings. The molecular formula is C19H17F3N2O3. The number of carbonyl (C=O) groups excluding carboxylic acids is 1. The van der Waals surface area contributed by atoms with Crippen LogP contribution in [0.2, 0.25) is 0 Å². The molecule has 2 atom stereocenters. The Hall–Kier alpha value is -3.03. The van der Waals surface area contributed by atoms with Gasteiger partial charge in [0.1, 0.15) is 11.6 Å². The molecule has 0 fully saturated rings. The summed E-state index contributed by atoms with van der Waals surface area (Å²) in [5, 5.41) is 6.55. The number of halogens is 3. The molecule has 0 spiro atoms. The molecule has 0 radical (unpaired) electrons. The molecule has 0 saturated heterocycles. The molecule has 1 aliphatic heterocycles. The van der Waals surface area contributed by atoms with E-state index in [2.05, 4.69) is 15.2 Å². The van der Waals surface area contributed by atoms with E-state index in [0.717, 1.165) is 0 Å². The number of hydrogen-bond acceptors (Lipinski definition) is 4. The molecule has 8 heteroatoms. The van der Waals surface area contributed by atoms with Crippen LogP contribution in [0.5, 0.6) is 5.75 Å². The van der Waals surface area contributed by atoms with Crippen molar-refractivity contribution in [3.8, 4) is 5.75 Å². The molecular weight excluding hydrogens is 361 g/mol. The fourth-order valence-corrected chi connectivity index (χ4v) is 2.78. The lowest BCUT2D eigenvalue weighted by molar-refractivity contribution is -0.131. The lowest BCUT2D eigenvalue weighted by atomic mass is 10.0. The number of rotatable bonds is 6. The van der Waals surface area contributed by atoms with Crippen LogP contribution in [0.25, 0.3) is 0 Å². The van der Waals surface area contributed by atoms with Crippen molar-refractivity contribution in [2.75, 3.05) is 0 Å². The summed E-state index contributed by atoms with van der Waals surface area (Å²) in [6.45, 7) is -1.32. The van der Waals surface area contributed by atoms with Gasteiger partial charge in [-0.05, 0) is 25.1 Å². The van der Waals surface area contributed by atoms with Gasteiger partial charge in [0.15, 0.2) is 0 Å². The quantitative estimate of drug-likeness (QED) is 0.832. The summed E-state index contributed by atoms with van der Waals surface area (Å²) >= 11 is 0. The van der Waals surface area contributed by atoms with Gasteiger partial charge in [0, 0.05) is 17.5 Å². The Labute approximate surface area is 153 Å². The minimum absolute atomic E-state index is 0.00987. The molecule has 0 aromatic heterocycles. The van der Waals surface area contributed by atoms with Gasteiger partial charge < -0.3 is 14.9 Å². The zero-order chi connectivity index (χ0) is 19.4. The second kappa shape index (κ2) is 8.11. The highest BCUT2D eigenvalue weighted by atomic mass is 19.3. The predicted octanol–water partition coefficient (Wildman–Crippen LogP) is 3.80. The summed E-state index contributed by atoms with van der Waals surface area (Å²) < 4.78 is 42.9. The molecule has 0 aliphatic carbocycles. The first-order chi connectivity index (χ1) is 12.9. The van der Waals surface area contributed by atoms with Gasteiger partial charge >= 0.3 is 6.61 Å². The van der Waals surface area contributed by atoms with Crippen LogP contribution in [0.1, 0.15) is 30.5 Å². The third-order valence-corrected chi connectivity index (χ3v) is 4.08. The van der Waals surface area contributed by atoms with Crippen molar-refractivity contribution < 1.29 is 27.5 Å². The number of amides is 1. The number of nitrogens with zero attached hydrogens (tertiary/aromatic N) is 1. The zero-order valence-electron chi connectivity index (χ0n) is 14.4. The molecule has 2 aromatic rings. The van der Waals surface area contributed by atoms with Crippen LogP contribution >= 0.6 is 0 Å². The fraction of sp³-hybridized carbons (Fsp3) is 0.263. The van der Waals surface area contributed by atoms with E-state index in [4.69, 9.17) is 4.84 Å². The number of carbonyl (C=O) groups is 1. The molecule has 1 amide bonds. The number of para-hydroxylation sites is 1. The van der Waals surface area contributed by atoms with Crippen LogP contribution in [0.3, 0.4) is 0 Å². The van der Waals surface area contributed by atoms with Crippen LogP contribution < -0.4 is 10.1 Å². The first kappa shape index (κ1) is 18.8. The molecule has 1 heterocycles. The largest absolute Gasteiger partial charge is 0.434 e. The van der Waals surface area contributed by atoms with E-state index in [-0.39, 0.29) is 12.2 Å². The Kier molecular flexibility index (Phi) is 5.63.